The summed E-state index contributed by atoms with van der Waals surface area (Å²) < 4.78 is 39.8. The van der Waals surface area contributed by atoms with Gasteiger partial charge in [-0.15, -0.1) is 11.3 Å². The van der Waals surface area contributed by atoms with E-state index in [4.69, 9.17) is 12.2 Å². The molecule has 0 aliphatic carbocycles. The molecule has 0 spiro atoms. The van der Waals surface area contributed by atoms with E-state index in [1.54, 1.807) is 0 Å². The quantitative estimate of drug-likeness (QED) is 0.795. The number of nitrogens with one attached hydrogen (secondary N) is 1. The molecule has 2 heterocycles. The largest absolute Gasteiger partial charge is 0.401 e. The van der Waals surface area contributed by atoms with Gasteiger partial charge in [0.05, 0.1) is 18.1 Å². The van der Waals surface area contributed by atoms with Crippen LogP contribution in [0.15, 0.2) is 17.5 Å². The molecule has 2 aromatic heterocycles. The number of H-pyrrole nitrogens is 1. The van der Waals surface area contributed by atoms with E-state index in [1.807, 2.05) is 31.4 Å². The predicted molar refractivity (Wildman–Crippen MR) is 83.2 cm³/mol. The highest BCUT2D eigenvalue weighted by atomic mass is 32.1. The maximum absolute atomic E-state index is 12.7. The summed E-state index contributed by atoms with van der Waals surface area (Å²) in [6.07, 6.45) is -4.24. The molecule has 0 aliphatic rings. The van der Waals surface area contributed by atoms with Crippen molar-refractivity contribution in [1.82, 2.24) is 19.7 Å². The summed E-state index contributed by atoms with van der Waals surface area (Å²) in [6, 6.07) is 3.76. The van der Waals surface area contributed by atoms with Crippen molar-refractivity contribution < 1.29 is 13.2 Å². The zero-order valence-corrected chi connectivity index (χ0v) is 13.9. The van der Waals surface area contributed by atoms with Crippen LogP contribution in [0.4, 0.5) is 13.2 Å². The van der Waals surface area contributed by atoms with E-state index in [2.05, 4.69) is 10.1 Å². The fourth-order valence-corrected chi connectivity index (χ4v) is 2.98. The third-order valence-corrected chi connectivity index (χ3v) is 3.99. The number of alkyl halides is 3. The number of thiophene rings is 1. The van der Waals surface area contributed by atoms with Crippen molar-refractivity contribution >= 4 is 23.6 Å². The first-order chi connectivity index (χ1) is 10.2. The number of halogens is 3. The molecular weight excluding hydrogens is 333 g/mol. The molecule has 0 unspecified atom stereocenters. The van der Waals surface area contributed by atoms with Crippen molar-refractivity contribution in [2.24, 2.45) is 5.92 Å². The minimum atomic E-state index is -4.24. The summed E-state index contributed by atoms with van der Waals surface area (Å²) in [5.41, 5.74) is 0. The van der Waals surface area contributed by atoms with Crippen molar-refractivity contribution in [1.29, 1.82) is 0 Å². The monoisotopic (exact) mass is 350 g/mol. The van der Waals surface area contributed by atoms with E-state index in [1.165, 1.54) is 20.9 Å². The molecule has 0 aromatic carbocycles. The molecule has 0 aliphatic heterocycles. The van der Waals surface area contributed by atoms with Crippen molar-refractivity contribution in [3.63, 3.8) is 0 Å². The molecular formula is C13H17F3N4S2. The minimum absolute atomic E-state index is 0.0366. The Kier molecular flexibility index (Phi) is 5.41. The average Bonchev–Trinajstić information content (AvgIpc) is 2.96. The van der Waals surface area contributed by atoms with Crippen LogP contribution in [0.3, 0.4) is 0 Å². The maximum Gasteiger partial charge on any atom is 0.401 e. The number of rotatable bonds is 6. The van der Waals surface area contributed by atoms with Gasteiger partial charge in [0.15, 0.2) is 5.82 Å². The van der Waals surface area contributed by atoms with Crippen molar-refractivity contribution in [2.75, 3.05) is 13.1 Å². The van der Waals surface area contributed by atoms with Crippen LogP contribution in [-0.2, 0) is 6.67 Å². The van der Waals surface area contributed by atoms with Gasteiger partial charge >= 0.3 is 6.18 Å². The molecule has 122 valence electrons. The van der Waals surface area contributed by atoms with Crippen LogP contribution >= 0.6 is 23.6 Å². The first-order valence-electron chi connectivity index (χ1n) is 6.74. The lowest BCUT2D eigenvalue weighted by Crippen LogP contribution is -2.38. The second-order valence-corrected chi connectivity index (χ2v) is 6.73. The molecule has 22 heavy (non-hydrogen) atoms. The Morgan fingerprint density at radius 3 is 2.73 bits per heavy atom. The molecule has 0 saturated heterocycles. The summed E-state index contributed by atoms with van der Waals surface area (Å²) >= 11 is 6.63. The topological polar surface area (TPSA) is 36.9 Å². The summed E-state index contributed by atoms with van der Waals surface area (Å²) in [5.74, 6) is 0.702. The molecule has 2 rings (SSSR count). The van der Waals surface area contributed by atoms with Crippen LogP contribution in [0.1, 0.15) is 13.8 Å². The van der Waals surface area contributed by atoms with E-state index in [0.29, 0.717) is 12.4 Å². The fourth-order valence-electron chi connectivity index (χ4n) is 2.12. The van der Waals surface area contributed by atoms with E-state index in [9.17, 15) is 13.2 Å². The van der Waals surface area contributed by atoms with Crippen LogP contribution in [0, 0.1) is 10.7 Å². The Morgan fingerprint density at radius 1 is 1.45 bits per heavy atom. The highest BCUT2D eigenvalue weighted by Gasteiger charge is 2.31. The number of aromatic nitrogens is 3. The molecule has 0 amide bonds. The van der Waals surface area contributed by atoms with E-state index in [-0.39, 0.29) is 17.4 Å². The highest BCUT2D eigenvalue weighted by Crippen LogP contribution is 2.21. The van der Waals surface area contributed by atoms with Crippen LogP contribution in [0.5, 0.6) is 0 Å². The van der Waals surface area contributed by atoms with E-state index >= 15 is 0 Å². The Bertz CT molecular complexity index is 643. The molecule has 1 N–H and O–H groups in total. The summed E-state index contributed by atoms with van der Waals surface area (Å²) in [4.78, 5) is 6.42. The molecule has 0 bridgehead atoms. The van der Waals surface area contributed by atoms with Crippen LogP contribution in [0.2, 0.25) is 0 Å². The third-order valence-electron chi connectivity index (χ3n) is 2.80. The Hall–Kier alpha value is -1.19. The lowest BCUT2D eigenvalue weighted by Gasteiger charge is -2.25. The van der Waals surface area contributed by atoms with Crippen molar-refractivity contribution in [2.45, 2.75) is 26.7 Å². The second kappa shape index (κ2) is 6.93. The summed E-state index contributed by atoms with van der Waals surface area (Å²) in [7, 11) is 0. The Labute approximate surface area is 135 Å². The van der Waals surface area contributed by atoms with Gasteiger partial charge in [0.25, 0.3) is 0 Å². The van der Waals surface area contributed by atoms with Crippen molar-refractivity contribution in [3.8, 4) is 10.7 Å². The smallest absolute Gasteiger partial charge is 0.277 e. The number of hydrogen-bond acceptors (Lipinski definition) is 4. The van der Waals surface area contributed by atoms with Crippen LogP contribution in [-0.4, -0.2) is 38.9 Å². The third kappa shape index (κ3) is 4.92. The SMILES string of the molecule is CC(C)CN(Cn1[nH]c(-c2cccs2)nc1=S)CC(F)(F)F. The van der Waals surface area contributed by atoms with Crippen LogP contribution in [0.25, 0.3) is 10.7 Å². The predicted octanol–water partition coefficient (Wildman–Crippen LogP) is 4.15. The van der Waals surface area contributed by atoms with Gasteiger partial charge in [-0.05, 0) is 29.6 Å². The van der Waals surface area contributed by atoms with Gasteiger partial charge in [-0.25, -0.2) is 4.68 Å². The van der Waals surface area contributed by atoms with Gasteiger partial charge in [0, 0.05) is 6.54 Å². The second-order valence-electron chi connectivity index (χ2n) is 5.42. The zero-order chi connectivity index (χ0) is 16.3. The molecule has 2 aromatic rings. The lowest BCUT2D eigenvalue weighted by atomic mass is 10.2. The zero-order valence-electron chi connectivity index (χ0n) is 12.2. The Balaban J connectivity index is 2.17. The van der Waals surface area contributed by atoms with Gasteiger partial charge in [-0.3, -0.25) is 10.00 Å². The van der Waals surface area contributed by atoms with E-state index < -0.39 is 12.7 Å². The van der Waals surface area contributed by atoms with Crippen LogP contribution < -0.4 is 0 Å². The first-order valence-corrected chi connectivity index (χ1v) is 8.03. The standard InChI is InChI=1S/C13H17F3N4S2/c1-9(2)6-19(7-13(14,15)16)8-20-12(21)17-11(18-20)10-4-3-5-22-10/h3-5,9H,6-8H2,1-2H3,(H,17,18,21). The number of aromatic amines is 1. The highest BCUT2D eigenvalue weighted by molar-refractivity contribution is 7.71. The molecule has 4 nitrogen and oxygen atoms in total. The Morgan fingerprint density at radius 2 is 2.18 bits per heavy atom. The minimum Gasteiger partial charge on any atom is -0.277 e. The first kappa shape index (κ1) is 17.2. The van der Waals surface area contributed by atoms with Gasteiger partial charge < -0.3 is 0 Å². The van der Waals surface area contributed by atoms with Gasteiger partial charge in [0.2, 0.25) is 4.77 Å². The maximum atomic E-state index is 12.7. The summed E-state index contributed by atoms with van der Waals surface area (Å²) in [5, 5.41) is 4.88. The van der Waals surface area contributed by atoms with Gasteiger partial charge in [-0.2, -0.15) is 18.2 Å². The number of nitrogens with zero attached hydrogens (tertiary/aromatic N) is 3. The normalized spacial score (nSPS) is 12.5. The number of hydrogen-bond donors (Lipinski definition) is 1. The summed E-state index contributed by atoms with van der Waals surface area (Å²) in [6.45, 7) is 3.16. The molecule has 0 radical (unpaired) electrons. The average molecular weight is 350 g/mol. The van der Waals surface area contributed by atoms with Gasteiger partial charge in [0.1, 0.15) is 0 Å². The molecule has 9 heteroatoms. The molecule has 0 atom stereocenters. The van der Waals surface area contributed by atoms with Gasteiger partial charge in [-0.1, -0.05) is 19.9 Å². The van der Waals surface area contributed by atoms with E-state index in [0.717, 1.165) is 4.88 Å². The molecule has 0 fully saturated rings. The fraction of sp³-hybridized carbons (Fsp3) is 0.538. The lowest BCUT2D eigenvalue weighted by molar-refractivity contribution is -0.150. The molecule has 0 saturated carbocycles. The van der Waals surface area contributed by atoms with Crippen molar-refractivity contribution in [3.05, 3.63) is 22.3 Å².